The van der Waals surface area contributed by atoms with Crippen molar-refractivity contribution >= 4 is 6.09 Å². The predicted octanol–water partition coefficient (Wildman–Crippen LogP) is 1.86. The Morgan fingerprint density at radius 1 is 1.57 bits per heavy atom. The highest BCUT2D eigenvalue weighted by Crippen LogP contribution is 2.21. The number of amides is 1. The lowest BCUT2D eigenvalue weighted by Crippen LogP contribution is -2.24. The van der Waals surface area contributed by atoms with Crippen molar-refractivity contribution in [3.8, 4) is 5.75 Å². The summed E-state index contributed by atoms with van der Waals surface area (Å²) in [5.41, 5.74) is 0.506. The van der Waals surface area contributed by atoms with Crippen LogP contribution in [0.4, 0.5) is 9.18 Å². The molecule has 0 aliphatic carbocycles. The summed E-state index contributed by atoms with van der Waals surface area (Å²) in [5.74, 6) is -1.21. The summed E-state index contributed by atoms with van der Waals surface area (Å²) < 4.78 is 12.6. The highest BCUT2D eigenvalue weighted by atomic mass is 19.1. The van der Waals surface area contributed by atoms with E-state index >= 15 is 0 Å². The van der Waals surface area contributed by atoms with Crippen LogP contribution in [0.1, 0.15) is 18.5 Å². The van der Waals surface area contributed by atoms with Crippen LogP contribution >= 0.6 is 0 Å². The minimum Gasteiger partial charge on any atom is -0.505 e. The molecule has 1 rings (SSSR count). The highest BCUT2D eigenvalue weighted by Gasteiger charge is 2.10. The van der Waals surface area contributed by atoms with Gasteiger partial charge < -0.3 is 15.5 Å². The molecule has 0 radical (unpaired) electrons. The first-order valence-electron chi connectivity index (χ1n) is 3.98. The first kappa shape index (κ1) is 10.3. The Morgan fingerprint density at radius 3 is 2.71 bits per heavy atom. The summed E-state index contributed by atoms with van der Waals surface area (Å²) in [6.07, 6.45) is -1.17. The van der Waals surface area contributed by atoms with Crippen LogP contribution in [0.5, 0.6) is 5.75 Å². The van der Waals surface area contributed by atoms with Crippen molar-refractivity contribution in [1.29, 1.82) is 0 Å². The molecule has 3 N–H and O–H groups in total. The van der Waals surface area contributed by atoms with Crippen LogP contribution in [-0.2, 0) is 0 Å². The van der Waals surface area contributed by atoms with Gasteiger partial charge in [-0.05, 0) is 24.6 Å². The molecular weight excluding hydrogens is 189 g/mol. The number of phenolic OH excluding ortho intramolecular Hbond substituents is 1. The summed E-state index contributed by atoms with van der Waals surface area (Å²) in [5, 5.41) is 19.6. The summed E-state index contributed by atoms with van der Waals surface area (Å²) in [6, 6.07) is 3.20. The molecule has 0 bridgehead atoms. The van der Waals surface area contributed by atoms with E-state index in [0.29, 0.717) is 5.56 Å². The topological polar surface area (TPSA) is 69.6 Å². The van der Waals surface area contributed by atoms with Crippen LogP contribution < -0.4 is 5.32 Å². The largest absolute Gasteiger partial charge is 0.505 e. The van der Waals surface area contributed by atoms with Gasteiger partial charge in [-0.2, -0.15) is 0 Å². The maximum Gasteiger partial charge on any atom is 0.405 e. The van der Waals surface area contributed by atoms with Crippen LogP contribution in [0.2, 0.25) is 0 Å². The summed E-state index contributed by atoms with van der Waals surface area (Å²) >= 11 is 0. The Labute approximate surface area is 80.0 Å². The third-order valence-corrected chi connectivity index (χ3v) is 1.81. The van der Waals surface area contributed by atoms with E-state index in [4.69, 9.17) is 10.2 Å². The fourth-order valence-electron chi connectivity index (χ4n) is 1.07. The van der Waals surface area contributed by atoms with Crippen molar-refractivity contribution in [3.63, 3.8) is 0 Å². The van der Waals surface area contributed by atoms with Gasteiger partial charge in [0.15, 0.2) is 11.6 Å². The number of hydrogen-bond acceptors (Lipinski definition) is 2. The second-order valence-electron chi connectivity index (χ2n) is 2.88. The molecule has 1 aromatic carbocycles. The average Bonchev–Trinajstić information content (AvgIpc) is 2.08. The number of phenols is 1. The molecule has 76 valence electrons. The van der Waals surface area contributed by atoms with E-state index in [1.165, 1.54) is 12.1 Å². The standard InChI is InChI=1S/C9H10FNO3/c1-5(11-9(13)14)6-2-3-7(10)8(12)4-6/h2-5,11-12H,1H3,(H,13,14). The Bertz CT molecular complexity index is 354. The average molecular weight is 199 g/mol. The van der Waals surface area contributed by atoms with Gasteiger partial charge >= 0.3 is 6.09 Å². The number of carboxylic acid groups (broad SMARTS) is 1. The number of rotatable bonds is 2. The van der Waals surface area contributed by atoms with Crippen molar-refractivity contribution in [2.24, 2.45) is 0 Å². The molecule has 0 heterocycles. The van der Waals surface area contributed by atoms with Gasteiger partial charge in [0.25, 0.3) is 0 Å². The first-order valence-corrected chi connectivity index (χ1v) is 3.98. The normalized spacial score (nSPS) is 12.1. The second kappa shape index (κ2) is 3.95. The predicted molar refractivity (Wildman–Crippen MR) is 47.6 cm³/mol. The van der Waals surface area contributed by atoms with Crippen LogP contribution in [0.15, 0.2) is 18.2 Å². The van der Waals surface area contributed by atoms with Gasteiger partial charge in [-0.1, -0.05) is 6.07 Å². The van der Waals surface area contributed by atoms with E-state index < -0.39 is 23.7 Å². The molecule has 0 saturated heterocycles. The molecule has 0 aliphatic heterocycles. The zero-order valence-corrected chi connectivity index (χ0v) is 7.49. The summed E-state index contributed by atoms with van der Waals surface area (Å²) in [7, 11) is 0. The number of nitrogens with one attached hydrogen (secondary N) is 1. The maximum absolute atomic E-state index is 12.6. The molecule has 4 nitrogen and oxygen atoms in total. The zero-order valence-electron chi connectivity index (χ0n) is 7.49. The van der Waals surface area contributed by atoms with Crippen LogP contribution in [-0.4, -0.2) is 16.3 Å². The van der Waals surface area contributed by atoms with Gasteiger partial charge in [-0.15, -0.1) is 0 Å². The van der Waals surface area contributed by atoms with Crippen LogP contribution in [0.25, 0.3) is 0 Å². The van der Waals surface area contributed by atoms with Crippen LogP contribution in [0.3, 0.4) is 0 Å². The minimum absolute atomic E-state index is 0.485. The quantitative estimate of drug-likeness (QED) is 0.680. The maximum atomic E-state index is 12.6. The molecule has 14 heavy (non-hydrogen) atoms. The Balaban J connectivity index is 2.85. The SMILES string of the molecule is CC(NC(=O)O)c1ccc(F)c(O)c1. The fraction of sp³-hybridized carbons (Fsp3) is 0.222. The molecule has 0 aliphatic rings. The van der Waals surface area contributed by atoms with Crippen molar-refractivity contribution in [2.45, 2.75) is 13.0 Å². The lowest BCUT2D eigenvalue weighted by atomic mass is 10.1. The van der Waals surface area contributed by atoms with Gasteiger partial charge in [0.2, 0.25) is 0 Å². The van der Waals surface area contributed by atoms with Crippen molar-refractivity contribution < 1.29 is 19.4 Å². The smallest absolute Gasteiger partial charge is 0.405 e. The van der Waals surface area contributed by atoms with E-state index in [0.717, 1.165) is 6.07 Å². The Hall–Kier alpha value is -1.78. The summed E-state index contributed by atoms with van der Waals surface area (Å²) in [6.45, 7) is 1.60. The van der Waals surface area contributed by atoms with E-state index in [9.17, 15) is 9.18 Å². The molecule has 0 fully saturated rings. The third kappa shape index (κ3) is 2.35. The Morgan fingerprint density at radius 2 is 2.21 bits per heavy atom. The number of aromatic hydroxyl groups is 1. The van der Waals surface area contributed by atoms with Gasteiger partial charge in [-0.3, -0.25) is 0 Å². The van der Waals surface area contributed by atoms with Crippen LogP contribution in [0, 0.1) is 5.82 Å². The van der Waals surface area contributed by atoms with E-state index in [2.05, 4.69) is 5.32 Å². The summed E-state index contributed by atoms with van der Waals surface area (Å²) in [4.78, 5) is 10.3. The molecule has 1 unspecified atom stereocenters. The van der Waals surface area contributed by atoms with Gasteiger partial charge in [0.05, 0.1) is 6.04 Å². The second-order valence-corrected chi connectivity index (χ2v) is 2.88. The molecular formula is C9H10FNO3. The van der Waals surface area contributed by atoms with Gasteiger partial charge in [0, 0.05) is 0 Å². The fourth-order valence-corrected chi connectivity index (χ4v) is 1.07. The number of carbonyl (C=O) groups is 1. The zero-order chi connectivity index (χ0) is 10.7. The third-order valence-electron chi connectivity index (χ3n) is 1.81. The molecule has 5 heteroatoms. The number of benzene rings is 1. The van der Waals surface area contributed by atoms with E-state index in [1.807, 2.05) is 0 Å². The van der Waals surface area contributed by atoms with E-state index in [-0.39, 0.29) is 0 Å². The molecule has 1 atom stereocenters. The lowest BCUT2D eigenvalue weighted by Gasteiger charge is -2.11. The van der Waals surface area contributed by atoms with Gasteiger partial charge in [-0.25, -0.2) is 9.18 Å². The minimum atomic E-state index is -1.17. The van der Waals surface area contributed by atoms with Crippen molar-refractivity contribution in [1.82, 2.24) is 5.32 Å². The molecule has 0 aromatic heterocycles. The molecule has 1 amide bonds. The highest BCUT2D eigenvalue weighted by molar-refractivity contribution is 5.65. The molecule has 0 spiro atoms. The van der Waals surface area contributed by atoms with Crippen molar-refractivity contribution in [2.75, 3.05) is 0 Å². The van der Waals surface area contributed by atoms with Gasteiger partial charge in [0.1, 0.15) is 0 Å². The lowest BCUT2D eigenvalue weighted by molar-refractivity contribution is 0.191. The Kier molecular flexibility index (Phi) is 2.91. The van der Waals surface area contributed by atoms with E-state index in [1.54, 1.807) is 6.92 Å². The molecule has 1 aromatic rings. The number of hydrogen-bond donors (Lipinski definition) is 3. The first-order chi connectivity index (χ1) is 6.50. The number of halogens is 1. The van der Waals surface area contributed by atoms with Crippen molar-refractivity contribution in [3.05, 3.63) is 29.6 Å². The monoisotopic (exact) mass is 199 g/mol. The molecule has 0 saturated carbocycles.